The quantitative estimate of drug-likeness (QED) is 0.821. The van der Waals surface area contributed by atoms with Gasteiger partial charge in [0.25, 0.3) is 5.91 Å². The molecule has 1 aromatic heterocycles. The number of nitrogens with one attached hydrogen (secondary N) is 1. The second-order valence-corrected chi connectivity index (χ2v) is 4.93. The molecule has 1 amide bonds. The average Bonchev–Trinajstić information content (AvgIpc) is 2.27. The van der Waals surface area contributed by atoms with Crippen molar-refractivity contribution in [1.29, 1.82) is 0 Å². The van der Waals surface area contributed by atoms with Gasteiger partial charge < -0.3 is 5.32 Å². The molecule has 0 saturated heterocycles. The Balaban J connectivity index is 2.64. The molecule has 1 rings (SSSR count). The Labute approximate surface area is 108 Å². The zero-order valence-corrected chi connectivity index (χ0v) is 11.3. The predicted molar refractivity (Wildman–Crippen MR) is 70.4 cm³/mol. The summed E-state index contributed by atoms with van der Waals surface area (Å²) in [6.45, 7) is 6.08. The van der Waals surface area contributed by atoms with Gasteiger partial charge in [-0.15, -0.1) is 11.6 Å². The number of hydrogen-bond acceptors (Lipinski definition) is 2. The molecule has 17 heavy (non-hydrogen) atoms. The molecule has 4 heteroatoms. The van der Waals surface area contributed by atoms with Gasteiger partial charge in [-0.05, 0) is 31.4 Å². The minimum absolute atomic E-state index is 0.00600. The summed E-state index contributed by atoms with van der Waals surface area (Å²) < 4.78 is 0. The van der Waals surface area contributed by atoms with E-state index in [1.54, 1.807) is 6.07 Å². The molecule has 0 aliphatic heterocycles. The van der Waals surface area contributed by atoms with Gasteiger partial charge in [0, 0.05) is 17.6 Å². The molecular weight excluding hydrogens is 236 g/mol. The van der Waals surface area contributed by atoms with E-state index in [1.165, 1.54) is 0 Å². The molecule has 0 aromatic carbocycles. The Kier molecular flexibility index (Phi) is 5.42. The Morgan fingerprint density at radius 3 is 2.71 bits per heavy atom. The first-order valence-corrected chi connectivity index (χ1v) is 6.37. The van der Waals surface area contributed by atoms with Gasteiger partial charge in [-0.2, -0.15) is 0 Å². The van der Waals surface area contributed by atoms with E-state index in [0.717, 1.165) is 12.1 Å². The topological polar surface area (TPSA) is 42.0 Å². The van der Waals surface area contributed by atoms with Gasteiger partial charge in [-0.3, -0.25) is 4.79 Å². The van der Waals surface area contributed by atoms with Crippen molar-refractivity contribution in [3.63, 3.8) is 0 Å². The lowest BCUT2D eigenvalue weighted by Gasteiger charge is -2.17. The van der Waals surface area contributed by atoms with Crippen LogP contribution in [0, 0.1) is 12.8 Å². The van der Waals surface area contributed by atoms with Gasteiger partial charge in [0.1, 0.15) is 5.69 Å². The molecule has 0 aliphatic rings. The largest absolute Gasteiger partial charge is 0.347 e. The number of carbonyl (C=O) groups is 1. The monoisotopic (exact) mass is 254 g/mol. The minimum Gasteiger partial charge on any atom is -0.347 e. The van der Waals surface area contributed by atoms with Crippen LogP contribution in [0.5, 0.6) is 0 Å². The van der Waals surface area contributed by atoms with Gasteiger partial charge in [-0.25, -0.2) is 4.98 Å². The zero-order chi connectivity index (χ0) is 12.8. The number of carbonyl (C=O) groups excluding carboxylic acids is 1. The summed E-state index contributed by atoms with van der Waals surface area (Å²) in [7, 11) is 0. The van der Waals surface area contributed by atoms with Crippen LogP contribution in [0.3, 0.4) is 0 Å². The first-order chi connectivity index (χ1) is 8.02. The van der Waals surface area contributed by atoms with Gasteiger partial charge in [0.05, 0.1) is 0 Å². The van der Waals surface area contributed by atoms with Crippen LogP contribution in [0.4, 0.5) is 0 Å². The first-order valence-electron chi connectivity index (χ1n) is 5.83. The molecule has 0 radical (unpaired) electrons. The molecule has 94 valence electrons. The van der Waals surface area contributed by atoms with E-state index in [0.29, 0.717) is 17.5 Å². The van der Waals surface area contributed by atoms with E-state index >= 15 is 0 Å². The van der Waals surface area contributed by atoms with E-state index in [-0.39, 0.29) is 11.9 Å². The maximum atomic E-state index is 11.9. The Morgan fingerprint density at radius 2 is 2.18 bits per heavy atom. The third-order valence-corrected chi connectivity index (χ3v) is 2.77. The van der Waals surface area contributed by atoms with Crippen molar-refractivity contribution >= 4 is 17.5 Å². The van der Waals surface area contributed by atoms with Crippen LogP contribution in [0.2, 0.25) is 0 Å². The molecule has 0 saturated carbocycles. The average molecular weight is 255 g/mol. The zero-order valence-electron chi connectivity index (χ0n) is 10.5. The summed E-state index contributed by atoms with van der Waals surface area (Å²) in [5.41, 5.74) is 1.29. The molecule has 1 unspecified atom stereocenters. The van der Waals surface area contributed by atoms with Gasteiger partial charge in [0.2, 0.25) is 0 Å². The maximum Gasteiger partial charge on any atom is 0.270 e. The van der Waals surface area contributed by atoms with Gasteiger partial charge >= 0.3 is 0 Å². The van der Waals surface area contributed by atoms with Crippen LogP contribution < -0.4 is 5.32 Å². The van der Waals surface area contributed by atoms with Crippen molar-refractivity contribution in [2.45, 2.75) is 33.2 Å². The van der Waals surface area contributed by atoms with Crippen molar-refractivity contribution in [3.8, 4) is 0 Å². The van der Waals surface area contributed by atoms with Crippen molar-refractivity contribution in [1.82, 2.24) is 10.3 Å². The summed E-state index contributed by atoms with van der Waals surface area (Å²) in [6.07, 6.45) is 0.876. The lowest BCUT2D eigenvalue weighted by molar-refractivity contribution is 0.0931. The Hall–Kier alpha value is -1.09. The Morgan fingerprint density at radius 1 is 1.47 bits per heavy atom. The van der Waals surface area contributed by atoms with E-state index in [2.05, 4.69) is 24.1 Å². The number of halogens is 1. The number of aryl methyl sites for hydroxylation is 1. The number of alkyl halides is 1. The summed E-state index contributed by atoms with van der Waals surface area (Å²) in [5.74, 6) is 0.778. The molecular formula is C13H19ClN2O. The van der Waals surface area contributed by atoms with E-state index in [9.17, 15) is 4.79 Å². The SMILES string of the molecule is Cc1cccc(C(=O)NC(CCl)CC(C)C)n1. The molecule has 1 N–H and O–H groups in total. The molecule has 0 aliphatic carbocycles. The van der Waals surface area contributed by atoms with Gasteiger partial charge in [-0.1, -0.05) is 19.9 Å². The number of aromatic nitrogens is 1. The van der Waals surface area contributed by atoms with Crippen LogP contribution in [-0.2, 0) is 0 Å². The second kappa shape index (κ2) is 6.60. The van der Waals surface area contributed by atoms with E-state index in [4.69, 9.17) is 11.6 Å². The van der Waals surface area contributed by atoms with Crippen LogP contribution in [0.1, 0.15) is 36.5 Å². The first kappa shape index (κ1) is 14.0. The molecule has 1 heterocycles. The van der Waals surface area contributed by atoms with Crippen LogP contribution in [0.15, 0.2) is 18.2 Å². The summed E-state index contributed by atoms with van der Waals surface area (Å²) in [4.78, 5) is 16.1. The van der Waals surface area contributed by atoms with Crippen molar-refractivity contribution in [3.05, 3.63) is 29.6 Å². The lowest BCUT2D eigenvalue weighted by Crippen LogP contribution is -2.37. The highest BCUT2D eigenvalue weighted by atomic mass is 35.5. The normalized spacial score (nSPS) is 12.5. The smallest absolute Gasteiger partial charge is 0.270 e. The molecule has 3 nitrogen and oxygen atoms in total. The lowest BCUT2D eigenvalue weighted by atomic mass is 10.1. The van der Waals surface area contributed by atoms with Crippen molar-refractivity contribution in [2.24, 2.45) is 5.92 Å². The molecule has 0 spiro atoms. The van der Waals surface area contributed by atoms with Crippen molar-refractivity contribution in [2.75, 3.05) is 5.88 Å². The van der Waals surface area contributed by atoms with Crippen molar-refractivity contribution < 1.29 is 4.79 Å². The molecule has 1 atom stereocenters. The van der Waals surface area contributed by atoms with E-state index in [1.807, 2.05) is 19.1 Å². The Bertz CT molecular complexity index is 379. The maximum absolute atomic E-state index is 11.9. The number of hydrogen-bond donors (Lipinski definition) is 1. The second-order valence-electron chi connectivity index (χ2n) is 4.62. The summed E-state index contributed by atoms with van der Waals surface area (Å²) >= 11 is 5.84. The van der Waals surface area contributed by atoms with Crippen LogP contribution in [0.25, 0.3) is 0 Å². The number of nitrogens with zero attached hydrogens (tertiary/aromatic N) is 1. The number of rotatable bonds is 5. The predicted octanol–water partition coefficient (Wildman–Crippen LogP) is 2.77. The fourth-order valence-electron chi connectivity index (χ4n) is 1.66. The van der Waals surface area contributed by atoms with Crippen LogP contribution >= 0.6 is 11.6 Å². The van der Waals surface area contributed by atoms with E-state index < -0.39 is 0 Å². The van der Waals surface area contributed by atoms with Crippen LogP contribution in [-0.4, -0.2) is 22.8 Å². The number of amides is 1. The fourth-order valence-corrected chi connectivity index (χ4v) is 1.86. The summed E-state index contributed by atoms with van der Waals surface area (Å²) in [6, 6.07) is 5.41. The molecule has 0 fully saturated rings. The van der Waals surface area contributed by atoms with Gasteiger partial charge in [0.15, 0.2) is 0 Å². The number of pyridine rings is 1. The third-order valence-electron chi connectivity index (χ3n) is 2.40. The standard InChI is InChI=1S/C13H19ClN2O/c1-9(2)7-11(8-14)16-13(17)12-6-4-5-10(3)15-12/h4-6,9,11H,7-8H2,1-3H3,(H,16,17). The highest BCUT2D eigenvalue weighted by molar-refractivity contribution is 6.18. The minimum atomic E-state index is -0.153. The third kappa shape index (κ3) is 4.73. The summed E-state index contributed by atoms with van der Waals surface area (Å²) in [5, 5.41) is 2.91. The highest BCUT2D eigenvalue weighted by Crippen LogP contribution is 2.07. The molecule has 0 bridgehead atoms. The highest BCUT2D eigenvalue weighted by Gasteiger charge is 2.15. The fraction of sp³-hybridized carbons (Fsp3) is 0.538. The molecule has 1 aromatic rings.